The van der Waals surface area contributed by atoms with Gasteiger partial charge in [-0.15, -0.1) is 0 Å². The number of ether oxygens (including phenoxy) is 1. The molecule has 1 aromatic carbocycles. The zero-order valence-electron chi connectivity index (χ0n) is 13.5. The molecule has 3 N–H and O–H groups in total. The van der Waals surface area contributed by atoms with Crippen molar-refractivity contribution >= 4 is 0 Å². The molecule has 1 saturated heterocycles. The molecule has 0 aromatic heterocycles. The first kappa shape index (κ1) is 15.8. The number of aliphatic hydroxyl groups is 1. The molecule has 4 heteroatoms. The molecule has 0 radical (unpaired) electrons. The fraction of sp³-hybridized carbons (Fsp3) is 0.667. The first-order valence-corrected chi connectivity index (χ1v) is 8.44. The van der Waals surface area contributed by atoms with Crippen LogP contribution in [0.3, 0.4) is 0 Å². The van der Waals surface area contributed by atoms with Crippen LogP contribution in [-0.4, -0.2) is 44.0 Å². The van der Waals surface area contributed by atoms with E-state index in [1.54, 1.807) is 7.11 Å². The Morgan fingerprint density at radius 1 is 1.14 bits per heavy atom. The molecule has 1 atom stereocenters. The Morgan fingerprint density at radius 2 is 1.86 bits per heavy atom. The number of β-amino-alcohol motifs (C(OH)–C–C–N with tert-alkyl or cyclic N) is 1. The van der Waals surface area contributed by atoms with Crippen molar-refractivity contribution in [3.05, 3.63) is 29.8 Å². The molecule has 2 fully saturated rings. The second kappa shape index (κ2) is 6.57. The van der Waals surface area contributed by atoms with E-state index in [1.165, 1.54) is 31.2 Å². The Hall–Kier alpha value is -1.10. The summed E-state index contributed by atoms with van der Waals surface area (Å²) in [4.78, 5) is 0. The normalized spacial score (nSPS) is 27.2. The lowest BCUT2D eigenvalue weighted by molar-refractivity contribution is 0.0596. The summed E-state index contributed by atoms with van der Waals surface area (Å²) in [5.74, 6) is 0.913. The third-order valence-corrected chi connectivity index (χ3v) is 5.40. The molecule has 1 aromatic rings. The van der Waals surface area contributed by atoms with Crippen LogP contribution in [0.4, 0.5) is 0 Å². The zero-order valence-corrected chi connectivity index (χ0v) is 13.5. The maximum Gasteiger partial charge on any atom is 0.118 e. The van der Waals surface area contributed by atoms with Gasteiger partial charge in [0.2, 0.25) is 0 Å². The number of rotatable bonds is 6. The Bertz CT molecular complexity index is 474. The molecule has 1 aliphatic carbocycles. The molecule has 3 rings (SSSR count). The highest BCUT2D eigenvalue weighted by molar-refractivity contribution is 5.33. The third kappa shape index (κ3) is 3.29. The van der Waals surface area contributed by atoms with Gasteiger partial charge < -0.3 is 20.5 Å². The summed E-state index contributed by atoms with van der Waals surface area (Å²) in [5, 5.41) is 17.2. The number of hydrogen-bond acceptors (Lipinski definition) is 4. The van der Waals surface area contributed by atoms with Gasteiger partial charge in [0, 0.05) is 25.0 Å². The molecular weight excluding hydrogens is 276 g/mol. The van der Waals surface area contributed by atoms with Crippen LogP contribution in [0.1, 0.15) is 37.7 Å². The van der Waals surface area contributed by atoms with Gasteiger partial charge in [-0.1, -0.05) is 25.0 Å². The highest BCUT2D eigenvalue weighted by Crippen LogP contribution is 2.41. The van der Waals surface area contributed by atoms with E-state index in [4.69, 9.17) is 4.74 Å². The first-order chi connectivity index (χ1) is 10.7. The smallest absolute Gasteiger partial charge is 0.118 e. The van der Waals surface area contributed by atoms with Gasteiger partial charge in [0.25, 0.3) is 0 Å². The molecule has 0 unspecified atom stereocenters. The average Bonchev–Trinajstić information content (AvgIpc) is 3.18. The van der Waals surface area contributed by atoms with E-state index in [-0.39, 0.29) is 5.41 Å². The van der Waals surface area contributed by atoms with Crippen LogP contribution in [0.2, 0.25) is 0 Å². The van der Waals surface area contributed by atoms with Crippen LogP contribution in [0.25, 0.3) is 0 Å². The molecule has 1 saturated carbocycles. The third-order valence-electron chi connectivity index (χ3n) is 5.40. The van der Waals surface area contributed by atoms with Gasteiger partial charge in [-0.25, -0.2) is 0 Å². The minimum absolute atomic E-state index is 0.217. The summed E-state index contributed by atoms with van der Waals surface area (Å²) in [6, 6.07) is 8.53. The summed E-state index contributed by atoms with van der Waals surface area (Å²) in [5.41, 5.74) is 1.05. The fourth-order valence-corrected chi connectivity index (χ4v) is 3.98. The van der Waals surface area contributed by atoms with E-state index in [0.717, 1.165) is 25.3 Å². The van der Waals surface area contributed by atoms with Gasteiger partial charge in [0.05, 0.1) is 12.7 Å². The van der Waals surface area contributed by atoms with E-state index < -0.39 is 5.60 Å². The fourth-order valence-electron chi connectivity index (χ4n) is 3.98. The largest absolute Gasteiger partial charge is 0.497 e. The van der Waals surface area contributed by atoms with Crippen molar-refractivity contribution in [2.24, 2.45) is 0 Å². The Balaban J connectivity index is 1.65. The predicted molar refractivity (Wildman–Crippen MR) is 88.4 cm³/mol. The van der Waals surface area contributed by atoms with Crippen molar-refractivity contribution < 1.29 is 9.84 Å². The topological polar surface area (TPSA) is 53.5 Å². The Morgan fingerprint density at radius 3 is 2.45 bits per heavy atom. The summed E-state index contributed by atoms with van der Waals surface area (Å²) in [7, 11) is 1.71. The summed E-state index contributed by atoms with van der Waals surface area (Å²) in [6.07, 6.45) is 5.88. The van der Waals surface area contributed by atoms with Crippen LogP contribution >= 0.6 is 0 Å². The standard InChI is InChI=1S/C18H28N2O2/c1-22-16-6-4-15(5-7-16)17(8-2-3-9-17)12-20-14-18(21)10-11-19-13-18/h4-7,19-21H,2-3,8-14H2,1H3/t18-/m0/s1. The van der Waals surface area contributed by atoms with Crippen LogP contribution in [0, 0.1) is 0 Å². The van der Waals surface area contributed by atoms with Crippen LogP contribution < -0.4 is 15.4 Å². The Labute approximate surface area is 133 Å². The van der Waals surface area contributed by atoms with Crippen molar-refractivity contribution in [1.82, 2.24) is 10.6 Å². The van der Waals surface area contributed by atoms with Crippen LogP contribution in [-0.2, 0) is 5.41 Å². The number of hydrogen-bond donors (Lipinski definition) is 3. The van der Waals surface area contributed by atoms with E-state index in [0.29, 0.717) is 13.1 Å². The monoisotopic (exact) mass is 304 g/mol. The molecule has 1 heterocycles. The Kier molecular flexibility index (Phi) is 4.71. The minimum Gasteiger partial charge on any atom is -0.497 e. The molecule has 0 spiro atoms. The highest BCUT2D eigenvalue weighted by Gasteiger charge is 2.37. The first-order valence-electron chi connectivity index (χ1n) is 8.44. The summed E-state index contributed by atoms with van der Waals surface area (Å²) >= 11 is 0. The van der Waals surface area contributed by atoms with Gasteiger partial charge in [0.15, 0.2) is 0 Å². The van der Waals surface area contributed by atoms with E-state index in [1.807, 2.05) is 0 Å². The predicted octanol–water partition coefficient (Wildman–Crippen LogP) is 1.82. The lowest BCUT2D eigenvalue weighted by Crippen LogP contribution is -2.46. The molecule has 2 aliphatic rings. The van der Waals surface area contributed by atoms with Crippen molar-refractivity contribution in [3.63, 3.8) is 0 Å². The van der Waals surface area contributed by atoms with Gasteiger partial charge in [0.1, 0.15) is 5.75 Å². The molecule has 122 valence electrons. The molecular formula is C18H28N2O2. The van der Waals surface area contributed by atoms with Gasteiger partial charge in [-0.05, 0) is 43.5 Å². The van der Waals surface area contributed by atoms with Gasteiger partial charge in [-0.2, -0.15) is 0 Å². The van der Waals surface area contributed by atoms with Crippen LogP contribution in [0.5, 0.6) is 5.75 Å². The second-order valence-electron chi connectivity index (χ2n) is 6.97. The molecule has 1 aliphatic heterocycles. The second-order valence-corrected chi connectivity index (χ2v) is 6.97. The zero-order chi connectivity index (χ0) is 15.5. The highest BCUT2D eigenvalue weighted by atomic mass is 16.5. The van der Waals surface area contributed by atoms with E-state index in [2.05, 4.69) is 34.9 Å². The van der Waals surface area contributed by atoms with Crippen LogP contribution in [0.15, 0.2) is 24.3 Å². The molecule has 0 amide bonds. The molecule has 22 heavy (non-hydrogen) atoms. The van der Waals surface area contributed by atoms with Crippen molar-refractivity contribution in [2.45, 2.75) is 43.1 Å². The summed E-state index contributed by atoms with van der Waals surface area (Å²) < 4.78 is 5.27. The summed E-state index contributed by atoms with van der Waals surface area (Å²) in [6.45, 7) is 3.25. The molecule has 4 nitrogen and oxygen atoms in total. The van der Waals surface area contributed by atoms with Gasteiger partial charge >= 0.3 is 0 Å². The minimum atomic E-state index is -0.570. The van der Waals surface area contributed by atoms with E-state index in [9.17, 15) is 5.11 Å². The number of benzene rings is 1. The lowest BCUT2D eigenvalue weighted by atomic mass is 9.78. The van der Waals surface area contributed by atoms with Crippen molar-refractivity contribution in [3.8, 4) is 5.75 Å². The molecule has 0 bridgehead atoms. The number of methoxy groups -OCH3 is 1. The maximum absolute atomic E-state index is 10.4. The van der Waals surface area contributed by atoms with Gasteiger partial charge in [-0.3, -0.25) is 0 Å². The lowest BCUT2D eigenvalue weighted by Gasteiger charge is -2.32. The van der Waals surface area contributed by atoms with Crippen molar-refractivity contribution in [1.29, 1.82) is 0 Å². The van der Waals surface area contributed by atoms with Crippen molar-refractivity contribution in [2.75, 3.05) is 33.3 Å². The quantitative estimate of drug-likeness (QED) is 0.750. The SMILES string of the molecule is COc1ccc(C2(CNC[C@]3(O)CCNC3)CCCC2)cc1. The number of nitrogens with one attached hydrogen (secondary N) is 2. The average molecular weight is 304 g/mol. The van der Waals surface area contributed by atoms with E-state index >= 15 is 0 Å². The maximum atomic E-state index is 10.4.